The van der Waals surface area contributed by atoms with Crippen LogP contribution in [-0.4, -0.2) is 19.3 Å². The largest absolute Gasteiger partial charge is 0.495 e. The minimum atomic E-state index is 0.444. The lowest BCUT2D eigenvalue weighted by atomic mass is 10.1. The molecule has 0 spiro atoms. The molecular weight excluding hydrogens is 356 g/mol. The van der Waals surface area contributed by atoms with Crippen LogP contribution in [0.2, 0.25) is 5.02 Å². The lowest BCUT2D eigenvalue weighted by Crippen LogP contribution is -2.19. The van der Waals surface area contributed by atoms with E-state index in [1.54, 1.807) is 26.4 Å². The first-order valence-corrected chi connectivity index (χ1v) is 8.38. The quantitative estimate of drug-likeness (QED) is 0.607. The maximum atomic E-state index is 6.13. The Morgan fingerprint density at radius 2 is 1.56 bits per heavy atom. The van der Waals surface area contributed by atoms with Crippen LogP contribution in [0.5, 0.6) is 11.5 Å². The van der Waals surface area contributed by atoms with Gasteiger partial charge in [0.2, 0.25) is 0 Å². The molecule has 3 aromatic carbocycles. The number of fused-ring (bicyclic) bond motifs is 1. The molecule has 3 rings (SSSR count). The van der Waals surface area contributed by atoms with E-state index in [1.165, 1.54) is 0 Å². The first-order valence-electron chi connectivity index (χ1n) is 7.59. The maximum absolute atomic E-state index is 6.13. The van der Waals surface area contributed by atoms with Crippen LogP contribution in [0.25, 0.3) is 10.8 Å². The third-order valence-electron chi connectivity index (χ3n) is 3.76. The SMILES string of the molecule is COc1cc(NC(=S)Nc2cccc3ccccc23)c(OC)cc1Cl. The summed E-state index contributed by atoms with van der Waals surface area (Å²) in [5, 5.41) is 9.51. The van der Waals surface area contributed by atoms with Crippen molar-refractivity contribution in [3.8, 4) is 11.5 Å². The van der Waals surface area contributed by atoms with Crippen molar-refractivity contribution in [2.24, 2.45) is 0 Å². The molecule has 0 aliphatic heterocycles. The second kappa shape index (κ2) is 7.59. The Morgan fingerprint density at radius 1 is 0.880 bits per heavy atom. The van der Waals surface area contributed by atoms with Gasteiger partial charge >= 0.3 is 0 Å². The molecule has 0 aliphatic carbocycles. The van der Waals surface area contributed by atoms with Crippen molar-refractivity contribution in [3.63, 3.8) is 0 Å². The van der Waals surface area contributed by atoms with E-state index in [9.17, 15) is 0 Å². The zero-order valence-corrected chi connectivity index (χ0v) is 15.4. The van der Waals surface area contributed by atoms with E-state index in [2.05, 4.69) is 22.8 Å². The summed E-state index contributed by atoms with van der Waals surface area (Å²) in [5.41, 5.74) is 1.59. The topological polar surface area (TPSA) is 42.5 Å². The summed E-state index contributed by atoms with van der Waals surface area (Å²) in [4.78, 5) is 0. The Balaban J connectivity index is 1.85. The smallest absolute Gasteiger partial charge is 0.175 e. The molecule has 6 heteroatoms. The molecule has 0 heterocycles. The van der Waals surface area contributed by atoms with Crippen LogP contribution in [0, 0.1) is 0 Å². The van der Waals surface area contributed by atoms with E-state index in [-0.39, 0.29) is 0 Å². The monoisotopic (exact) mass is 372 g/mol. The Hall–Kier alpha value is -2.50. The summed E-state index contributed by atoms with van der Waals surface area (Å²) in [6, 6.07) is 17.6. The van der Waals surface area contributed by atoms with Crippen LogP contribution >= 0.6 is 23.8 Å². The van der Waals surface area contributed by atoms with Gasteiger partial charge in [0.05, 0.1) is 24.9 Å². The van der Waals surface area contributed by atoms with Gasteiger partial charge in [-0.15, -0.1) is 0 Å². The molecule has 3 aromatic rings. The Kier molecular flexibility index (Phi) is 5.26. The van der Waals surface area contributed by atoms with Gasteiger partial charge in [0.15, 0.2) is 5.11 Å². The molecule has 0 amide bonds. The van der Waals surface area contributed by atoms with Gasteiger partial charge in [0.1, 0.15) is 11.5 Å². The molecule has 0 fully saturated rings. The van der Waals surface area contributed by atoms with Crippen LogP contribution < -0.4 is 20.1 Å². The number of hydrogen-bond donors (Lipinski definition) is 2. The Morgan fingerprint density at radius 3 is 2.32 bits per heavy atom. The molecular formula is C19H17ClN2O2S. The summed E-state index contributed by atoms with van der Waals surface area (Å²) in [5.74, 6) is 1.12. The van der Waals surface area contributed by atoms with Gasteiger partial charge in [-0.2, -0.15) is 0 Å². The van der Waals surface area contributed by atoms with Gasteiger partial charge in [0, 0.05) is 23.2 Å². The van der Waals surface area contributed by atoms with Crippen molar-refractivity contribution < 1.29 is 9.47 Å². The third-order valence-corrected chi connectivity index (χ3v) is 4.26. The van der Waals surface area contributed by atoms with Gasteiger partial charge in [-0.05, 0) is 23.7 Å². The molecule has 0 bridgehead atoms. The van der Waals surface area contributed by atoms with Gasteiger partial charge < -0.3 is 20.1 Å². The van der Waals surface area contributed by atoms with Gasteiger partial charge in [-0.1, -0.05) is 48.0 Å². The summed E-state index contributed by atoms with van der Waals surface area (Å²) >= 11 is 11.6. The summed E-state index contributed by atoms with van der Waals surface area (Å²) in [6.45, 7) is 0. The fraction of sp³-hybridized carbons (Fsp3) is 0.105. The molecule has 0 unspecified atom stereocenters. The molecule has 128 valence electrons. The third kappa shape index (κ3) is 3.78. The second-order valence-corrected chi connectivity index (χ2v) is 6.11. The highest BCUT2D eigenvalue weighted by Crippen LogP contribution is 2.36. The predicted octanol–water partition coefficient (Wildman–Crippen LogP) is 5.32. The molecule has 0 atom stereocenters. The minimum Gasteiger partial charge on any atom is -0.495 e. The molecule has 0 radical (unpaired) electrons. The number of anilines is 2. The molecule has 4 nitrogen and oxygen atoms in total. The van der Waals surface area contributed by atoms with Crippen molar-refractivity contribution in [1.82, 2.24) is 0 Å². The van der Waals surface area contributed by atoms with Crippen molar-refractivity contribution in [2.75, 3.05) is 24.9 Å². The van der Waals surface area contributed by atoms with Gasteiger partial charge in [0.25, 0.3) is 0 Å². The maximum Gasteiger partial charge on any atom is 0.175 e. The number of nitrogens with one attached hydrogen (secondary N) is 2. The minimum absolute atomic E-state index is 0.444. The number of methoxy groups -OCH3 is 2. The van der Waals surface area contributed by atoms with Gasteiger partial charge in [-0.3, -0.25) is 0 Å². The van der Waals surface area contributed by atoms with Crippen LogP contribution in [0.4, 0.5) is 11.4 Å². The molecule has 0 aliphatic rings. The number of rotatable bonds is 4. The van der Waals surface area contributed by atoms with Crippen LogP contribution in [0.3, 0.4) is 0 Å². The number of halogens is 1. The first-order chi connectivity index (χ1) is 12.1. The van der Waals surface area contributed by atoms with E-state index in [0.717, 1.165) is 16.5 Å². The molecule has 0 aromatic heterocycles. The Bertz CT molecular complexity index is 925. The highest BCUT2D eigenvalue weighted by atomic mass is 35.5. The number of thiocarbonyl (C=S) groups is 1. The Labute approximate surface area is 156 Å². The van der Waals surface area contributed by atoms with E-state index < -0.39 is 0 Å². The van der Waals surface area contributed by atoms with Crippen molar-refractivity contribution >= 4 is 51.1 Å². The zero-order chi connectivity index (χ0) is 17.8. The lowest BCUT2D eigenvalue weighted by molar-refractivity contribution is 0.405. The molecule has 0 saturated heterocycles. The van der Waals surface area contributed by atoms with E-state index in [0.29, 0.717) is 27.3 Å². The van der Waals surface area contributed by atoms with Crippen LogP contribution in [0.15, 0.2) is 54.6 Å². The number of benzene rings is 3. The normalized spacial score (nSPS) is 10.4. The lowest BCUT2D eigenvalue weighted by Gasteiger charge is -2.16. The summed E-state index contributed by atoms with van der Waals surface area (Å²) < 4.78 is 10.6. The van der Waals surface area contributed by atoms with Crippen molar-refractivity contribution in [2.45, 2.75) is 0 Å². The number of hydrogen-bond acceptors (Lipinski definition) is 3. The standard InChI is InChI=1S/C19H17ClN2O2S/c1-23-17-11-16(18(24-2)10-14(17)20)22-19(25)21-15-9-5-7-12-6-3-4-8-13(12)15/h3-11H,1-2H3,(H2,21,22,25). The average Bonchev–Trinajstić information content (AvgIpc) is 2.63. The van der Waals surface area contributed by atoms with Crippen LogP contribution in [-0.2, 0) is 0 Å². The van der Waals surface area contributed by atoms with Crippen molar-refractivity contribution in [1.29, 1.82) is 0 Å². The fourth-order valence-electron chi connectivity index (χ4n) is 2.57. The predicted molar refractivity (Wildman–Crippen MR) is 108 cm³/mol. The van der Waals surface area contributed by atoms with E-state index in [4.69, 9.17) is 33.3 Å². The molecule has 2 N–H and O–H groups in total. The van der Waals surface area contributed by atoms with E-state index in [1.807, 2.05) is 30.3 Å². The summed E-state index contributed by atoms with van der Waals surface area (Å²) in [7, 11) is 3.13. The van der Waals surface area contributed by atoms with Crippen LogP contribution in [0.1, 0.15) is 0 Å². The fourth-order valence-corrected chi connectivity index (χ4v) is 3.02. The molecule has 0 saturated carbocycles. The average molecular weight is 373 g/mol. The van der Waals surface area contributed by atoms with Crippen molar-refractivity contribution in [3.05, 3.63) is 59.6 Å². The zero-order valence-electron chi connectivity index (χ0n) is 13.8. The van der Waals surface area contributed by atoms with E-state index >= 15 is 0 Å². The summed E-state index contributed by atoms with van der Waals surface area (Å²) in [6.07, 6.45) is 0. The highest BCUT2D eigenvalue weighted by Gasteiger charge is 2.11. The number of ether oxygens (including phenoxy) is 2. The first kappa shape index (κ1) is 17.3. The second-order valence-electron chi connectivity index (χ2n) is 5.29. The highest BCUT2D eigenvalue weighted by molar-refractivity contribution is 7.80. The molecule has 25 heavy (non-hydrogen) atoms. The van der Waals surface area contributed by atoms with Gasteiger partial charge in [-0.25, -0.2) is 0 Å².